The normalized spacial score (nSPS) is 13.9. The van der Waals surface area contributed by atoms with Crippen LogP contribution in [0.4, 0.5) is 0 Å². The van der Waals surface area contributed by atoms with E-state index >= 15 is 0 Å². The standard InChI is InChI=1S/C17H29NO/c1-7-18(8-2)17(5,6)16(19)12-15-10-13(3)9-14(4)11-15/h9-11,16,19H,7-8,12H2,1-6H3. The predicted octanol–water partition coefficient (Wildman–Crippen LogP) is 3.33. The summed E-state index contributed by atoms with van der Waals surface area (Å²) in [6.07, 6.45) is 0.361. The van der Waals surface area contributed by atoms with Crippen molar-refractivity contribution in [1.29, 1.82) is 0 Å². The van der Waals surface area contributed by atoms with E-state index in [1.165, 1.54) is 16.7 Å². The molecular formula is C17H29NO. The van der Waals surface area contributed by atoms with Gasteiger partial charge in [-0.15, -0.1) is 0 Å². The molecule has 2 heteroatoms. The summed E-state index contributed by atoms with van der Waals surface area (Å²) in [5.74, 6) is 0. The summed E-state index contributed by atoms with van der Waals surface area (Å²) in [5.41, 5.74) is 3.57. The molecule has 0 aliphatic carbocycles. The minimum atomic E-state index is -0.353. The van der Waals surface area contributed by atoms with Crippen molar-refractivity contribution in [2.75, 3.05) is 13.1 Å². The van der Waals surface area contributed by atoms with Gasteiger partial charge in [0.15, 0.2) is 0 Å². The van der Waals surface area contributed by atoms with E-state index in [1.54, 1.807) is 0 Å². The molecule has 0 aliphatic rings. The van der Waals surface area contributed by atoms with Crippen molar-refractivity contribution in [3.8, 4) is 0 Å². The van der Waals surface area contributed by atoms with E-state index in [0.717, 1.165) is 13.1 Å². The van der Waals surface area contributed by atoms with Gasteiger partial charge in [0, 0.05) is 12.0 Å². The third-order valence-electron chi connectivity index (χ3n) is 4.10. The Labute approximate surface area is 118 Å². The van der Waals surface area contributed by atoms with E-state index in [1.807, 2.05) is 0 Å². The summed E-state index contributed by atoms with van der Waals surface area (Å²) in [6.45, 7) is 14.7. The summed E-state index contributed by atoms with van der Waals surface area (Å²) in [7, 11) is 0. The molecule has 1 aromatic carbocycles. The Bertz CT molecular complexity index is 387. The largest absolute Gasteiger partial charge is 0.391 e. The van der Waals surface area contributed by atoms with Crippen LogP contribution in [0.15, 0.2) is 18.2 Å². The van der Waals surface area contributed by atoms with Gasteiger partial charge in [0.1, 0.15) is 0 Å². The Hall–Kier alpha value is -0.860. The number of nitrogens with zero attached hydrogens (tertiary/aromatic N) is 1. The number of benzene rings is 1. The maximum atomic E-state index is 10.6. The zero-order valence-electron chi connectivity index (χ0n) is 13.3. The van der Waals surface area contributed by atoms with Crippen LogP contribution in [0.25, 0.3) is 0 Å². The molecule has 0 aromatic heterocycles. The van der Waals surface area contributed by atoms with E-state index in [2.05, 4.69) is 64.6 Å². The number of aryl methyl sites for hydroxylation is 2. The molecule has 1 atom stereocenters. The Morgan fingerprint density at radius 3 is 1.95 bits per heavy atom. The Kier molecular flexibility index (Phi) is 5.57. The van der Waals surface area contributed by atoms with Crippen LogP contribution < -0.4 is 0 Å². The molecule has 1 rings (SSSR count). The summed E-state index contributed by atoms with van der Waals surface area (Å²) >= 11 is 0. The summed E-state index contributed by atoms with van der Waals surface area (Å²) in [4.78, 5) is 2.32. The van der Waals surface area contributed by atoms with E-state index < -0.39 is 0 Å². The van der Waals surface area contributed by atoms with Gasteiger partial charge >= 0.3 is 0 Å². The third kappa shape index (κ3) is 4.05. The first kappa shape index (κ1) is 16.2. The average Bonchev–Trinajstić information content (AvgIpc) is 2.28. The molecule has 108 valence electrons. The van der Waals surface area contributed by atoms with Crippen LogP contribution >= 0.6 is 0 Å². The van der Waals surface area contributed by atoms with Crippen LogP contribution in [0.5, 0.6) is 0 Å². The zero-order chi connectivity index (χ0) is 14.6. The van der Waals surface area contributed by atoms with Crippen molar-refractivity contribution >= 4 is 0 Å². The highest BCUT2D eigenvalue weighted by Crippen LogP contribution is 2.22. The van der Waals surface area contributed by atoms with E-state index in [0.29, 0.717) is 6.42 Å². The topological polar surface area (TPSA) is 23.5 Å². The van der Waals surface area contributed by atoms with Gasteiger partial charge in [-0.3, -0.25) is 4.90 Å². The molecule has 0 amide bonds. The summed E-state index contributed by atoms with van der Waals surface area (Å²) < 4.78 is 0. The van der Waals surface area contributed by atoms with Gasteiger partial charge in [-0.2, -0.15) is 0 Å². The van der Waals surface area contributed by atoms with E-state index in [9.17, 15) is 5.11 Å². The highest BCUT2D eigenvalue weighted by Gasteiger charge is 2.32. The SMILES string of the molecule is CCN(CC)C(C)(C)C(O)Cc1cc(C)cc(C)c1. The molecule has 0 radical (unpaired) electrons. The predicted molar refractivity (Wildman–Crippen MR) is 82.6 cm³/mol. The molecular weight excluding hydrogens is 234 g/mol. The molecule has 19 heavy (non-hydrogen) atoms. The van der Waals surface area contributed by atoms with Gasteiger partial charge in [-0.25, -0.2) is 0 Å². The van der Waals surface area contributed by atoms with E-state index in [4.69, 9.17) is 0 Å². The quantitative estimate of drug-likeness (QED) is 0.851. The number of hydrogen-bond donors (Lipinski definition) is 1. The Morgan fingerprint density at radius 2 is 1.53 bits per heavy atom. The molecule has 1 N–H and O–H groups in total. The van der Waals surface area contributed by atoms with Gasteiger partial charge in [0.2, 0.25) is 0 Å². The zero-order valence-corrected chi connectivity index (χ0v) is 13.3. The second-order valence-electron chi connectivity index (χ2n) is 6.04. The molecule has 0 fully saturated rings. The van der Waals surface area contributed by atoms with Crippen LogP contribution in [0.1, 0.15) is 44.4 Å². The average molecular weight is 263 g/mol. The first-order valence-corrected chi connectivity index (χ1v) is 7.31. The molecule has 0 saturated heterocycles. The molecule has 0 bridgehead atoms. The molecule has 2 nitrogen and oxygen atoms in total. The molecule has 0 aliphatic heterocycles. The fraction of sp³-hybridized carbons (Fsp3) is 0.647. The number of likely N-dealkylation sites (N-methyl/N-ethyl adjacent to an activating group) is 1. The maximum Gasteiger partial charge on any atom is 0.0758 e. The van der Waals surface area contributed by atoms with Crippen LogP contribution in [-0.2, 0) is 6.42 Å². The van der Waals surface area contributed by atoms with Crippen molar-refractivity contribution in [2.45, 2.75) is 59.6 Å². The lowest BCUT2D eigenvalue weighted by Crippen LogP contribution is -2.53. The molecule has 1 unspecified atom stereocenters. The smallest absolute Gasteiger partial charge is 0.0758 e. The van der Waals surface area contributed by atoms with Gasteiger partial charge in [-0.05, 0) is 46.3 Å². The third-order valence-corrected chi connectivity index (χ3v) is 4.10. The van der Waals surface area contributed by atoms with Crippen molar-refractivity contribution in [3.05, 3.63) is 34.9 Å². The van der Waals surface area contributed by atoms with Crippen LogP contribution in [0.2, 0.25) is 0 Å². The molecule has 0 spiro atoms. The second kappa shape index (κ2) is 6.53. The van der Waals surface area contributed by atoms with Crippen molar-refractivity contribution in [2.24, 2.45) is 0 Å². The van der Waals surface area contributed by atoms with Crippen molar-refractivity contribution < 1.29 is 5.11 Å². The Balaban J connectivity index is 2.86. The number of aliphatic hydroxyl groups is 1. The lowest BCUT2D eigenvalue weighted by molar-refractivity contribution is -0.00416. The fourth-order valence-corrected chi connectivity index (χ4v) is 2.91. The van der Waals surface area contributed by atoms with Gasteiger partial charge in [0.05, 0.1) is 6.10 Å². The monoisotopic (exact) mass is 263 g/mol. The lowest BCUT2D eigenvalue weighted by Gasteiger charge is -2.41. The summed E-state index contributed by atoms with van der Waals surface area (Å²) in [5, 5.41) is 10.6. The fourth-order valence-electron chi connectivity index (χ4n) is 2.91. The highest BCUT2D eigenvalue weighted by molar-refractivity contribution is 5.29. The Morgan fingerprint density at radius 1 is 1.05 bits per heavy atom. The first-order chi connectivity index (χ1) is 8.81. The minimum Gasteiger partial charge on any atom is -0.391 e. The van der Waals surface area contributed by atoms with Crippen LogP contribution in [-0.4, -0.2) is 34.7 Å². The molecule has 0 heterocycles. The van der Waals surface area contributed by atoms with Crippen LogP contribution in [0, 0.1) is 13.8 Å². The minimum absolute atomic E-state index is 0.193. The lowest BCUT2D eigenvalue weighted by atomic mass is 9.89. The van der Waals surface area contributed by atoms with Crippen LogP contribution in [0.3, 0.4) is 0 Å². The maximum absolute atomic E-state index is 10.6. The van der Waals surface area contributed by atoms with E-state index in [-0.39, 0.29) is 11.6 Å². The highest BCUT2D eigenvalue weighted by atomic mass is 16.3. The summed E-state index contributed by atoms with van der Waals surface area (Å²) in [6, 6.07) is 6.52. The molecule has 1 aromatic rings. The molecule has 0 saturated carbocycles. The number of hydrogen-bond acceptors (Lipinski definition) is 2. The van der Waals surface area contributed by atoms with Gasteiger partial charge in [-0.1, -0.05) is 43.2 Å². The number of aliphatic hydroxyl groups excluding tert-OH is 1. The first-order valence-electron chi connectivity index (χ1n) is 7.31. The van der Waals surface area contributed by atoms with Gasteiger partial charge < -0.3 is 5.11 Å². The van der Waals surface area contributed by atoms with Crippen molar-refractivity contribution in [1.82, 2.24) is 4.90 Å². The van der Waals surface area contributed by atoms with Crippen molar-refractivity contribution in [3.63, 3.8) is 0 Å². The number of rotatable bonds is 6. The van der Waals surface area contributed by atoms with Gasteiger partial charge in [0.25, 0.3) is 0 Å². The second-order valence-corrected chi connectivity index (χ2v) is 6.04.